The molecule has 0 spiro atoms. The molecule has 1 unspecified atom stereocenters. The normalized spacial score (nSPS) is 12.1. The number of fused-ring (bicyclic) bond motifs is 1. The number of thiophene rings is 1. The van der Waals surface area contributed by atoms with Crippen LogP contribution < -0.4 is 10.2 Å². The lowest BCUT2D eigenvalue weighted by Gasteiger charge is -2.20. The molecular weight excluding hydrogens is 456 g/mol. The summed E-state index contributed by atoms with van der Waals surface area (Å²) < 4.78 is 5.80. The van der Waals surface area contributed by atoms with Crippen LogP contribution >= 0.6 is 11.3 Å². The monoisotopic (exact) mass is 484 g/mol. The zero-order valence-corrected chi connectivity index (χ0v) is 20.9. The third-order valence-corrected chi connectivity index (χ3v) is 7.12. The summed E-state index contributed by atoms with van der Waals surface area (Å²) in [7, 11) is 4.06. The topological polar surface area (TPSA) is 74.2 Å². The number of rotatable bonds is 8. The molecule has 1 amide bonds. The van der Waals surface area contributed by atoms with Gasteiger partial charge in [0.25, 0.3) is 0 Å². The maximum atomic E-state index is 13.0. The van der Waals surface area contributed by atoms with Crippen molar-refractivity contribution >= 4 is 33.8 Å². The Morgan fingerprint density at radius 3 is 2.66 bits per heavy atom. The van der Waals surface area contributed by atoms with Gasteiger partial charge < -0.3 is 19.6 Å². The molecule has 2 aromatic carbocycles. The van der Waals surface area contributed by atoms with E-state index in [4.69, 9.17) is 4.42 Å². The summed E-state index contributed by atoms with van der Waals surface area (Å²) in [6.45, 7) is 2.34. The molecule has 0 aliphatic heterocycles. The van der Waals surface area contributed by atoms with Gasteiger partial charge in [-0.2, -0.15) is 0 Å². The molecule has 3 heterocycles. The van der Waals surface area contributed by atoms with Gasteiger partial charge in [0.2, 0.25) is 11.8 Å². The van der Waals surface area contributed by atoms with Crippen LogP contribution in [0.4, 0.5) is 5.69 Å². The molecule has 7 heteroatoms. The van der Waals surface area contributed by atoms with E-state index in [-0.39, 0.29) is 18.2 Å². The highest BCUT2D eigenvalue weighted by Crippen LogP contribution is 2.31. The highest BCUT2D eigenvalue weighted by atomic mass is 32.1. The minimum atomic E-state index is -0.0751. The maximum absolute atomic E-state index is 13.0. The Balaban J connectivity index is 1.36. The Morgan fingerprint density at radius 2 is 1.91 bits per heavy atom. The summed E-state index contributed by atoms with van der Waals surface area (Å²) in [5.41, 5.74) is 5.21. The average Bonchev–Trinajstić information content (AvgIpc) is 3.61. The number of nitrogens with one attached hydrogen (secondary N) is 2. The molecule has 1 atom stereocenters. The number of H-pyrrole nitrogens is 1. The minimum Gasteiger partial charge on any atom is -0.440 e. The number of carbonyl (C=O) groups is 1. The first kappa shape index (κ1) is 22.9. The van der Waals surface area contributed by atoms with Gasteiger partial charge in [-0.25, -0.2) is 4.98 Å². The Bertz CT molecular complexity index is 1430. The van der Waals surface area contributed by atoms with E-state index in [9.17, 15) is 4.79 Å². The highest BCUT2D eigenvalue weighted by molar-refractivity contribution is 7.13. The van der Waals surface area contributed by atoms with Gasteiger partial charge in [-0.3, -0.25) is 4.79 Å². The second kappa shape index (κ2) is 9.80. The molecule has 0 saturated carbocycles. The van der Waals surface area contributed by atoms with Gasteiger partial charge in [0.15, 0.2) is 0 Å². The van der Waals surface area contributed by atoms with Crippen LogP contribution in [0.25, 0.3) is 21.7 Å². The number of hydrogen-bond donors (Lipinski definition) is 2. The van der Waals surface area contributed by atoms with Crippen LogP contribution in [-0.2, 0) is 11.2 Å². The van der Waals surface area contributed by atoms with Crippen molar-refractivity contribution < 1.29 is 9.21 Å². The van der Waals surface area contributed by atoms with Crippen molar-refractivity contribution in [3.05, 3.63) is 94.8 Å². The second-order valence-electron chi connectivity index (χ2n) is 8.81. The van der Waals surface area contributed by atoms with Crippen molar-refractivity contribution in [1.82, 2.24) is 15.3 Å². The van der Waals surface area contributed by atoms with Gasteiger partial charge in [0, 0.05) is 49.3 Å². The zero-order chi connectivity index (χ0) is 24.4. The Kier molecular flexibility index (Phi) is 6.42. The SMILES string of the molecule is Cc1oc(-c2cccs2)nc1CC(=O)NCC(c1ccc(N(C)C)cc1)c1c[nH]c2ccccc12. The fourth-order valence-corrected chi connectivity index (χ4v) is 4.97. The molecule has 0 saturated heterocycles. The lowest BCUT2D eigenvalue weighted by molar-refractivity contribution is -0.120. The van der Waals surface area contributed by atoms with Gasteiger partial charge in [-0.05, 0) is 47.7 Å². The molecule has 35 heavy (non-hydrogen) atoms. The van der Waals surface area contributed by atoms with E-state index >= 15 is 0 Å². The number of aromatic nitrogens is 2. The van der Waals surface area contributed by atoms with Crippen LogP contribution in [0, 0.1) is 6.92 Å². The highest BCUT2D eigenvalue weighted by Gasteiger charge is 2.21. The fourth-order valence-electron chi connectivity index (χ4n) is 4.32. The molecule has 5 aromatic rings. The number of anilines is 1. The predicted octanol–water partition coefficient (Wildman–Crippen LogP) is 5.75. The first-order valence-corrected chi connectivity index (χ1v) is 12.5. The van der Waals surface area contributed by atoms with Gasteiger partial charge in [0.05, 0.1) is 17.0 Å². The van der Waals surface area contributed by atoms with Gasteiger partial charge in [0.1, 0.15) is 5.76 Å². The van der Waals surface area contributed by atoms with Crippen LogP contribution in [0.15, 0.2) is 76.7 Å². The van der Waals surface area contributed by atoms with E-state index in [2.05, 4.69) is 62.8 Å². The summed E-state index contributed by atoms with van der Waals surface area (Å²) in [5, 5.41) is 6.30. The van der Waals surface area contributed by atoms with Crippen molar-refractivity contribution in [2.24, 2.45) is 0 Å². The molecule has 3 aromatic heterocycles. The van der Waals surface area contributed by atoms with E-state index in [0.29, 0.717) is 23.9 Å². The van der Waals surface area contributed by atoms with Gasteiger partial charge >= 0.3 is 0 Å². The van der Waals surface area contributed by atoms with Crippen LogP contribution in [0.1, 0.15) is 28.5 Å². The third kappa shape index (κ3) is 4.86. The van der Waals surface area contributed by atoms with Crippen molar-refractivity contribution in [2.75, 3.05) is 25.5 Å². The van der Waals surface area contributed by atoms with Crippen molar-refractivity contribution in [1.29, 1.82) is 0 Å². The summed E-state index contributed by atoms with van der Waals surface area (Å²) in [5.74, 6) is 1.18. The zero-order valence-electron chi connectivity index (χ0n) is 20.0. The van der Waals surface area contributed by atoms with Gasteiger partial charge in [-0.15, -0.1) is 11.3 Å². The van der Waals surface area contributed by atoms with E-state index in [1.165, 1.54) is 0 Å². The number of carbonyl (C=O) groups excluding carboxylic acids is 1. The first-order chi connectivity index (χ1) is 17.0. The fraction of sp³-hybridized carbons (Fsp3) is 0.214. The second-order valence-corrected chi connectivity index (χ2v) is 9.76. The molecule has 2 N–H and O–H groups in total. The predicted molar refractivity (Wildman–Crippen MR) is 142 cm³/mol. The molecule has 178 valence electrons. The molecule has 6 nitrogen and oxygen atoms in total. The molecule has 0 aliphatic carbocycles. The number of amides is 1. The van der Waals surface area contributed by atoms with E-state index in [1.807, 2.05) is 50.7 Å². The van der Waals surface area contributed by atoms with Crippen LogP contribution in [0.2, 0.25) is 0 Å². The lowest BCUT2D eigenvalue weighted by atomic mass is 9.90. The number of oxazole rings is 1. The standard InChI is InChI=1S/C28H28N4O2S/c1-18-25(31-28(34-18)26-9-6-14-35-26)15-27(33)30-16-22(19-10-12-20(13-11-19)32(2)3)23-17-29-24-8-5-4-7-21(23)24/h4-14,17,22,29H,15-16H2,1-3H3,(H,30,33). The quantitative estimate of drug-likeness (QED) is 0.294. The van der Waals surface area contributed by atoms with Crippen molar-refractivity contribution in [2.45, 2.75) is 19.3 Å². The Labute approximate surface area is 208 Å². The lowest BCUT2D eigenvalue weighted by Crippen LogP contribution is -2.30. The number of aryl methyl sites for hydroxylation is 1. The van der Waals surface area contributed by atoms with E-state index < -0.39 is 0 Å². The molecule has 0 aliphatic rings. The van der Waals surface area contributed by atoms with Crippen molar-refractivity contribution in [3.8, 4) is 10.8 Å². The number of para-hydroxylation sites is 1. The molecule has 5 rings (SSSR count). The Morgan fingerprint density at radius 1 is 1.11 bits per heavy atom. The number of nitrogens with zero attached hydrogens (tertiary/aromatic N) is 2. The summed E-state index contributed by atoms with van der Waals surface area (Å²) >= 11 is 1.57. The number of benzene rings is 2. The molecule has 0 radical (unpaired) electrons. The molecule has 0 bridgehead atoms. The molecule has 0 fully saturated rings. The number of hydrogen-bond acceptors (Lipinski definition) is 5. The average molecular weight is 485 g/mol. The van der Waals surface area contributed by atoms with Crippen LogP contribution in [-0.4, -0.2) is 36.5 Å². The van der Waals surface area contributed by atoms with Crippen molar-refractivity contribution in [3.63, 3.8) is 0 Å². The third-order valence-electron chi connectivity index (χ3n) is 6.26. The molecular formula is C28H28N4O2S. The summed E-state index contributed by atoms with van der Waals surface area (Å²) in [4.78, 5) is 24.0. The summed E-state index contributed by atoms with van der Waals surface area (Å²) in [6, 6.07) is 20.7. The van der Waals surface area contributed by atoms with Gasteiger partial charge in [-0.1, -0.05) is 36.4 Å². The van der Waals surface area contributed by atoms with E-state index in [1.54, 1.807) is 11.3 Å². The van der Waals surface area contributed by atoms with E-state index in [0.717, 1.165) is 32.6 Å². The maximum Gasteiger partial charge on any atom is 0.236 e. The first-order valence-electron chi connectivity index (χ1n) is 11.6. The van der Waals surface area contributed by atoms with Crippen LogP contribution in [0.5, 0.6) is 0 Å². The summed E-state index contributed by atoms with van der Waals surface area (Å²) in [6.07, 6.45) is 2.23. The minimum absolute atomic E-state index is 0.00592. The smallest absolute Gasteiger partial charge is 0.236 e. The number of aromatic amines is 1. The van der Waals surface area contributed by atoms with Crippen LogP contribution in [0.3, 0.4) is 0 Å². The Hall–Kier alpha value is -3.84. The largest absolute Gasteiger partial charge is 0.440 e.